The van der Waals surface area contributed by atoms with Crippen LogP contribution in [0.25, 0.3) is 0 Å². The summed E-state index contributed by atoms with van der Waals surface area (Å²) >= 11 is 0. The summed E-state index contributed by atoms with van der Waals surface area (Å²) in [5, 5.41) is 0. The molecule has 1 aliphatic heterocycles. The van der Waals surface area contributed by atoms with Crippen molar-refractivity contribution in [2.75, 3.05) is 0 Å². The van der Waals surface area contributed by atoms with Gasteiger partial charge in [-0.05, 0) is 17.4 Å². The van der Waals surface area contributed by atoms with E-state index in [2.05, 4.69) is 0 Å². The second kappa shape index (κ2) is 4.92. The highest BCUT2D eigenvalue weighted by Crippen LogP contribution is 2.35. The number of likely N-dealkylation sites (tertiary alicyclic amines) is 1. The van der Waals surface area contributed by atoms with Crippen molar-refractivity contribution in [1.29, 1.82) is 0 Å². The average molecular weight is 245 g/mol. The maximum Gasteiger partial charge on any atom is 0.230 e. The molecule has 0 spiro atoms. The summed E-state index contributed by atoms with van der Waals surface area (Å²) in [4.78, 5) is 25.6. The lowest BCUT2D eigenvalue weighted by molar-refractivity contribution is -0.153. The third-order valence-electron chi connectivity index (χ3n) is 3.80. The van der Waals surface area contributed by atoms with E-state index < -0.39 is 0 Å². The number of amides is 2. The number of hydrogen-bond donors (Lipinski definition) is 0. The Balaban J connectivity index is 2.11. The molecule has 1 aliphatic rings. The molecule has 0 bridgehead atoms. The average Bonchev–Trinajstić information content (AvgIpc) is 2.35. The Kier molecular flexibility index (Phi) is 3.50. The summed E-state index contributed by atoms with van der Waals surface area (Å²) in [6, 6.07) is 9.65. The van der Waals surface area contributed by atoms with Gasteiger partial charge in [0.2, 0.25) is 11.8 Å². The van der Waals surface area contributed by atoms with Crippen LogP contribution in [0.3, 0.4) is 0 Å². The highest BCUT2D eigenvalue weighted by atomic mass is 16.2. The number of benzene rings is 1. The molecule has 1 aromatic carbocycles. The Labute approximate surface area is 108 Å². The summed E-state index contributed by atoms with van der Waals surface area (Å²) in [5.74, 6) is -0.0843. The minimum Gasteiger partial charge on any atom is -0.278 e. The largest absolute Gasteiger partial charge is 0.278 e. The van der Waals surface area contributed by atoms with Gasteiger partial charge in [-0.3, -0.25) is 14.5 Å². The minimum absolute atomic E-state index is 0.0422. The van der Waals surface area contributed by atoms with Crippen molar-refractivity contribution in [1.82, 2.24) is 4.90 Å². The lowest BCUT2D eigenvalue weighted by atomic mass is 9.77. The van der Waals surface area contributed by atoms with Crippen LogP contribution in [0.15, 0.2) is 30.3 Å². The molecular weight excluding hydrogens is 226 g/mol. The highest BCUT2D eigenvalue weighted by Gasteiger charge is 2.39. The molecule has 3 heteroatoms. The van der Waals surface area contributed by atoms with Gasteiger partial charge in [0.15, 0.2) is 0 Å². The topological polar surface area (TPSA) is 37.4 Å². The lowest BCUT2D eigenvalue weighted by Gasteiger charge is -2.36. The van der Waals surface area contributed by atoms with Crippen LogP contribution in [0.5, 0.6) is 0 Å². The molecule has 1 saturated heterocycles. The van der Waals surface area contributed by atoms with E-state index in [1.165, 1.54) is 4.90 Å². The molecule has 1 aromatic rings. The number of hydrogen-bond acceptors (Lipinski definition) is 2. The molecule has 2 rings (SSSR count). The monoisotopic (exact) mass is 245 g/mol. The molecular formula is C15H19NO2. The molecule has 18 heavy (non-hydrogen) atoms. The molecule has 96 valence electrons. The van der Waals surface area contributed by atoms with E-state index in [4.69, 9.17) is 0 Å². The van der Waals surface area contributed by atoms with Crippen molar-refractivity contribution in [3.8, 4) is 0 Å². The Hall–Kier alpha value is -1.64. The van der Waals surface area contributed by atoms with Crippen LogP contribution < -0.4 is 0 Å². The summed E-state index contributed by atoms with van der Waals surface area (Å²) in [7, 11) is 0. The number of rotatable bonds is 3. The number of carbonyl (C=O) groups excluding carboxylic acids is 2. The van der Waals surface area contributed by atoms with Gasteiger partial charge in [0.25, 0.3) is 0 Å². The fraction of sp³-hybridized carbons (Fsp3) is 0.467. The van der Waals surface area contributed by atoms with Gasteiger partial charge in [0, 0.05) is 12.8 Å². The molecule has 0 aliphatic carbocycles. The van der Waals surface area contributed by atoms with Gasteiger partial charge in [-0.15, -0.1) is 0 Å². The number of piperidine rings is 1. The predicted octanol–water partition coefficient (Wildman–Crippen LogP) is 2.75. The number of imide groups is 1. The van der Waals surface area contributed by atoms with Crippen molar-refractivity contribution in [3.05, 3.63) is 35.9 Å². The van der Waals surface area contributed by atoms with E-state index in [0.29, 0.717) is 19.4 Å². The van der Waals surface area contributed by atoms with Crippen LogP contribution in [0.4, 0.5) is 0 Å². The molecule has 0 atom stereocenters. The third-order valence-corrected chi connectivity index (χ3v) is 3.80. The molecule has 0 radical (unpaired) electrons. The van der Waals surface area contributed by atoms with Crippen LogP contribution in [0, 0.1) is 5.41 Å². The molecule has 0 saturated carbocycles. The Morgan fingerprint density at radius 1 is 1.11 bits per heavy atom. The van der Waals surface area contributed by atoms with Crippen molar-refractivity contribution >= 4 is 11.8 Å². The van der Waals surface area contributed by atoms with Gasteiger partial charge in [-0.1, -0.05) is 44.2 Å². The van der Waals surface area contributed by atoms with Gasteiger partial charge >= 0.3 is 0 Å². The zero-order valence-electron chi connectivity index (χ0n) is 11.0. The quantitative estimate of drug-likeness (QED) is 0.768. The van der Waals surface area contributed by atoms with Crippen LogP contribution >= 0.6 is 0 Å². The third kappa shape index (κ3) is 2.61. The maximum atomic E-state index is 12.1. The number of carbonyl (C=O) groups is 2. The van der Waals surface area contributed by atoms with Gasteiger partial charge < -0.3 is 0 Å². The summed E-state index contributed by atoms with van der Waals surface area (Å²) in [6.45, 7) is 4.45. The van der Waals surface area contributed by atoms with Crippen molar-refractivity contribution in [3.63, 3.8) is 0 Å². The van der Waals surface area contributed by atoms with Crippen molar-refractivity contribution in [2.45, 2.75) is 39.7 Å². The predicted molar refractivity (Wildman–Crippen MR) is 69.6 cm³/mol. The van der Waals surface area contributed by atoms with Crippen molar-refractivity contribution in [2.24, 2.45) is 5.41 Å². The zero-order valence-corrected chi connectivity index (χ0v) is 11.0. The smallest absolute Gasteiger partial charge is 0.230 e. The minimum atomic E-state index is -0.151. The lowest BCUT2D eigenvalue weighted by Crippen LogP contribution is -2.46. The van der Waals surface area contributed by atoms with Gasteiger partial charge in [-0.2, -0.15) is 0 Å². The maximum absolute atomic E-state index is 12.1. The van der Waals surface area contributed by atoms with E-state index in [1.54, 1.807) is 0 Å². The molecule has 1 fully saturated rings. The fourth-order valence-corrected chi connectivity index (χ4v) is 2.31. The second-order valence-electron chi connectivity index (χ2n) is 5.38. The van der Waals surface area contributed by atoms with E-state index in [-0.39, 0.29) is 17.2 Å². The Bertz CT molecular complexity index is 435. The standard InChI is InChI=1S/C15H19NO2/c1-3-15(2)9-13(17)16(14(18)10-15)11-12-7-5-4-6-8-12/h4-8H,3,9-11H2,1-2H3. The van der Waals surface area contributed by atoms with E-state index in [9.17, 15) is 9.59 Å². The SMILES string of the molecule is CCC1(C)CC(=O)N(Cc2ccccc2)C(=O)C1. The van der Waals surface area contributed by atoms with E-state index in [0.717, 1.165) is 12.0 Å². The Morgan fingerprint density at radius 2 is 1.67 bits per heavy atom. The fourth-order valence-electron chi connectivity index (χ4n) is 2.31. The van der Waals surface area contributed by atoms with Crippen LogP contribution in [-0.2, 0) is 16.1 Å². The summed E-state index contributed by atoms with van der Waals surface area (Å²) < 4.78 is 0. The van der Waals surface area contributed by atoms with E-state index in [1.807, 2.05) is 44.2 Å². The Morgan fingerprint density at radius 3 is 2.17 bits per heavy atom. The van der Waals surface area contributed by atoms with Crippen LogP contribution in [0.1, 0.15) is 38.7 Å². The number of nitrogens with zero attached hydrogens (tertiary/aromatic N) is 1. The van der Waals surface area contributed by atoms with Gasteiger partial charge in [0.1, 0.15) is 0 Å². The zero-order chi connectivity index (χ0) is 13.2. The second-order valence-corrected chi connectivity index (χ2v) is 5.38. The normalized spacial score (nSPS) is 19.1. The highest BCUT2D eigenvalue weighted by molar-refractivity contribution is 5.98. The van der Waals surface area contributed by atoms with Gasteiger partial charge in [-0.25, -0.2) is 0 Å². The van der Waals surface area contributed by atoms with Crippen LogP contribution in [0.2, 0.25) is 0 Å². The molecule has 1 heterocycles. The van der Waals surface area contributed by atoms with E-state index >= 15 is 0 Å². The summed E-state index contributed by atoms with van der Waals surface area (Å²) in [6.07, 6.45) is 1.81. The molecule has 0 unspecified atom stereocenters. The first kappa shape index (κ1) is 12.8. The first-order valence-electron chi connectivity index (χ1n) is 6.41. The molecule has 3 nitrogen and oxygen atoms in total. The van der Waals surface area contributed by atoms with Crippen molar-refractivity contribution < 1.29 is 9.59 Å². The first-order valence-corrected chi connectivity index (χ1v) is 6.41. The molecule has 0 aromatic heterocycles. The first-order chi connectivity index (χ1) is 8.54. The van der Waals surface area contributed by atoms with Crippen LogP contribution in [-0.4, -0.2) is 16.7 Å². The molecule has 2 amide bonds. The van der Waals surface area contributed by atoms with Gasteiger partial charge in [0.05, 0.1) is 6.54 Å². The summed E-state index contributed by atoms with van der Waals surface area (Å²) in [5.41, 5.74) is 0.848. The molecule has 0 N–H and O–H groups in total.